The highest BCUT2D eigenvalue weighted by Gasteiger charge is 2.28. The Morgan fingerprint density at radius 1 is 1.56 bits per heavy atom. The third-order valence-corrected chi connectivity index (χ3v) is 2.90. The topological polar surface area (TPSA) is 70.2 Å². The molecule has 1 aromatic heterocycles. The zero-order valence-corrected chi connectivity index (χ0v) is 9.26. The number of nitrogens with zero attached hydrogens (tertiary/aromatic N) is 3. The quantitative estimate of drug-likeness (QED) is 0.569. The summed E-state index contributed by atoms with van der Waals surface area (Å²) in [5.41, 5.74) is 0.654. The number of nitro groups is 1. The number of aromatic nitrogens is 2. The van der Waals surface area contributed by atoms with Crippen LogP contribution < -0.4 is 0 Å². The normalized spacial score (nSPS) is 21.7. The van der Waals surface area contributed by atoms with Crippen LogP contribution in [-0.4, -0.2) is 21.3 Å². The van der Waals surface area contributed by atoms with Gasteiger partial charge >= 0.3 is 5.69 Å². The smallest absolute Gasteiger partial charge is 0.312 e. The highest BCUT2D eigenvalue weighted by molar-refractivity contribution is 5.34. The van der Waals surface area contributed by atoms with Crippen molar-refractivity contribution >= 4 is 5.69 Å². The summed E-state index contributed by atoms with van der Waals surface area (Å²) in [5, 5.41) is 14.8. The van der Waals surface area contributed by atoms with Gasteiger partial charge in [0.2, 0.25) is 0 Å². The number of aryl methyl sites for hydroxylation is 1. The van der Waals surface area contributed by atoms with E-state index in [0.29, 0.717) is 12.3 Å². The van der Waals surface area contributed by atoms with Gasteiger partial charge in [-0.05, 0) is 12.8 Å². The molecule has 0 radical (unpaired) electrons. The summed E-state index contributed by atoms with van der Waals surface area (Å²) in [6, 6.07) is 0. The molecule has 0 saturated carbocycles. The van der Waals surface area contributed by atoms with E-state index in [9.17, 15) is 10.1 Å². The fourth-order valence-electron chi connectivity index (χ4n) is 2.08. The van der Waals surface area contributed by atoms with E-state index in [2.05, 4.69) is 5.10 Å². The molecular formula is C10H15N3O3. The molecule has 16 heavy (non-hydrogen) atoms. The van der Waals surface area contributed by atoms with Crippen LogP contribution in [0.2, 0.25) is 0 Å². The van der Waals surface area contributed by atoms with Gasteiger partial charge in [0, 0.05) is 13.7 Å². The van der Waals surface area contributed by atoms with Crippen molar-refractivity contribution < 1.29 is 9.66 Å². The number of hydrogen-bond acceptors (Lipinski definition) is 4. The molecule has 0 amide bonds. The molecule has 1 saturated heterocycles. The van der Waals surface area contributed by atoms with Crippen molar-refractivity contribution in [3.63, 3.8) is 0 Å². The van der Waals surface area contributed by atoms with Gasteiger partial charge in [-0.1, -0.05) is 12.8 Å². The first kappa shape index (κ1) is 11.1. The molecule has 1 unspecified atom stereocenters. The Labute approximate surface area is 93.4 Å². The van der Waals surface area contributed by atoms with E-state index in [1.165, 1.54) is 6.20 Å². The summed E-state index contributed by atoms with van der Waals surface area (Å²) in [6.07, 6.45) is 5.15. The lowest BCUT2D eigenvalue weighted by Crippen LogP contribution is -2.10. The second kappa shape index (κ2) is 4.61. The van der Waals surface area contributed by atoms with Gasteiger partial charge in [-0.2, -0.15) is 5.10 Å². The maximum Gasteiger partial charge on any atom is 0.312 e. The Balaban J connectivity index is 2.29. The Kier molecular flexibility index (Phi) is 3.19. The molecule has 1 aliphatic rings. The Morgan fingerprint density at radius 3 is 3.12 bits per heavy atom. The predicted octanol–water partition coefficient (Wildman–Crippen LogP) is 1.96. The molecule has 0 spiro atoms. The average Bonchev–Trinajstić information content (AvgIpc) is 2.50. The van der Waals surface area contributed by atoms with Crippen LogP contribution in [0.3, 0.4) is 0 Å². The first-order valence-electron chi connectivity index (χ1n) is 5.48. The van der Waals surface area contributed by atoms with Crippen LogP contribution in [0.5, 0.6) is 0 Å². The SMILES string of the molecule is Cn1ncc([N+](=O)[O-])c1C1CCCCCO1. The predicted molar refractivity (Wildman–Crippen MR) is 57.0 cm³/mol. The molecule has 1 fully saturated rings. The number of ether oxygens (including phenoxy) is 1. The lowest BCUT2D eigenvalue weighted by atomic mass is 10.1. The standard InChI is InChI=1S/C10H15N3O3/c1-12-10(8(7-11-12)13(14)15)9-5-3-2-4-6-16-9/h7,9H,2-6H2,1H3. The van der Waals surface area contributed by atoms with Crippen molar-refractivity contribution in [2.24, 2.45) is 7.05 Å². The summed E-state index contributed by atoms with van der Waals surface area (Å²) in [4.78, 5) is 10.5. The summed E-state index contributed by atoms with van der Waals surface area (Å²) >= 11 is 0. The molecule has 1 atom stereocenters. The van der Waals surface area contributed by atoms with E-state index >= 15 is 0 Å². The molecule has 1 aliphatic heterocycles. The second-order valence-corrected chi connectivity index (χ2v) is 4.00. The number of rotatable bonds is 2. The van der Waals surface area contributed by atoms with Crippen LogP contribution in [0.25, 0.3) is 0 Å². The van der Waals surface area contributed by atoms with Crippen LogP contribution in [-0.2, 0) is 11.8 Å². The van der Waals surface area contributed by atoms with E-state index in [-0.39, 0.29) is 11.8 Å². The lowest BCUT2D eigenvalue weighted by Gasteiger charge is -2.14. The van der Waals surface area contributed by atoms with Gasteiger partial charge < -0.3 is 4.74 Å². The molecule has 0 aromatic carbocycles. The van der Waals surface area contributed by atoms with E-state index in [1.54, 1.807) is 11.7 Å². The van der Waals surface area contributed by atoms with E-state index < -0.39 is 4.92 Å². The molecule has 88 valence electrons. The van der Waals surface area contributed by atoms with Gasteiger partial charge in [0.05, 0.1) is 4.92 Å². The van der Waals surface area contributed by atoms with E-state index in [0.717, 1.165) is 25.7 Å². The zero-order valence-electron chi connectivity index (χ0n) is 9.26. The molecule has 0 N–H and O–H groups in total. The van der Waals surface area contributed by atoms with E-state index in [4.69, 9.17) is 4.74 Å². The highest BCUT2D eigenvalue weighted by Crippen LogP contribution is 2.32. The zero-order chi connectivity index (χ0) is 11.5. The van der Waals surface area contributed by atoms with Crippen molar-refractivity contribution in [1.82, 2.24) is 9.78 Å². The van der Waals surface area contributed by atoms with Gasteiger partial charge in [0.25, 0.3) is 0 Å². The fraction of sp³-hybridized carbons (Fsp3) is 0.700. The molecule has 0 aliphatic carbocycles. The van der Waals surface area contributed by atoms with Crippen LogP contribution in [0.1, 0.15) is 37.5 Å². The van der Waals surface area contributed by atoms with Crippen LogP contribution in [0.4, 0.5) is 5.69 Å². The van der Waals surface area contributed by atoms with Crippen molar-refractivity contribution in [3.05, 3.63) is 22.0 Å². The molecule has 6 heteroatoms. The molecule has 2 rings (SSSR count). The fourth-order valence-corrected chi connectivity index (χ4v) is 2.08. The summed E-state index contributed by atoms with van der Waals surface area (Å²) in [6.45, 7) is 0.674. The van der Waals surface area contributed by atoms with Crippen molar-refractivity contribution in [2.45, 2.75) is 31.8 Å². The molecule has 1 aromatic rings. The molecular weight excluding hydrogens is 210 g/mol. The minimum absolute atomic E-state index is 0.0643. The van der Waals surface area contributed by atoms with Gasteiger partial charge in [-0.15, -0.1) is 0 Å². The average molecular weight is 225 g/mol. The van der Waals surface area contributed by atoms with Crippen molar-refractivity contribution in [1.29, 1.82) is 0 Å². The largest absolute Gasteiger partial charge is 0.372 e. The summed E-state index contributed by atoms with van der Waals surface area (Å²) < 4.78 is 7.20. The maximum absolute atomic E-state index is 10.9. The Bertz CT molecular complexity index is 381. The minimum Gasteiger partial charge on any atom is -0.372 e. The highest BCUT2D eigenvalue weighted by atomic mass is 16.6. The van der Waals surface area contributed by atoms with Crippen LogP contribution in [0.15, 0.2) is 6.20 Å². The maximum atomic E-state index is 10.9. The minimum atomic E-state index is -0.392. The van der Waals surface area contributed by atoms with Gasteiger partial charge in [-0.25, -0.2) is 0 Å². The monoisotopic (exact) mass is 225 g/mol. The van der Waals surface area contributed by atoms with Crippen molar-refractivity contribution in [3.8, 4) is 0 Å². The second-order valence-electron chi connectivity index (χ2n) is 4.00. The Hall–Kier alpha value is -1.43. The summed E-state index contributed by atoms with van der Waals surface area (Å²) in [7, 11) is 1.72. The third kappa shape index (κ3) is 2.06. The van der Waals surface area contributed by atoms with Gasteiger partial charge in [-0.3, -0.25) is 14.8 Å². The van der Waals surface area contributed by atoms with Crippen LogP contribution in [0, 0.1) is 10.1 Å². The van der Waals surface area contributed by atoms with Gasteiger partial charge in [0.1, 0.15) is 18.0 Å². The Morgan fingerprint density at radius 2 is 2.38 bits per heavy atom. The molecule has 6 nitrogen and oxygen atoms in total. The van der Waals surface area contributed by atoms with Crippen molar-refractivity contribution in [2.75, 3.05) is 6.61 Å². The molecule has 2 heterocycles. The van der Waals surface area contributed by atoms with E-state index in [1.807, 2.05) is 0 Å². The first-order valence-corrected chi connectivity index (χ1v) is 5.48. The van der Waals surface area contributed by atoms with Crippen LogP contribution >= 0.6 is 0 Å². The first-order chi connectivity index (χ1) is 7.70. The van der Waals surface area contributed by atoms with Gasteiger partial charge in [0.15, 0.2) is 0 Å². The summed E-state index contributed by atoms with van der Waals surface area (Å²) in [5.74, 6) is 0. The lowest BCUT2D eigenvalue weighted by molar-refractivity contribution is -0.386. The molecule has 0 bridgehead atoms. The number of hydrogen-bond donors (Lipinski definition) is 0. The third-order valence-electron chi connectivity index (χ3n) is 2.90.